The van der Waals surface area contributed by atoms with Gasteiger partial charge in [-0.05, 0) is 61.8 Å². The Bertz CT molecular complexity index is 1230. The van der Waals surface area contributed by atoms with Crippen LogP contribution in [-0.2, 0) is 17.9 Å². The third-order valence-electron chi connectivity index (χ3n) is 9.46. The SMILES string of the molecule is O=C(NCCn1ncc2c(N3CCN(Cc4ccccc4)CC3)ncnc21)C12CC3CC(CC(C3)C1)C2. The quantitative estimate of drug-likeness (QED) is 0.536. The first-order chi connectivity index (χ1) is 18.1. The van der Waals surface area contributed by atoms with Gasteiger partial charge in [0.15, 0.2) is 5.65 Å². The van der Waals surface area contributed by atoms with E-state index in [1.54, 1.807) is 6.33 Å². The first-order valence-electron chi connectivity index (χ1n) is 14.1. The molecule has 1 saturated heterocycles. The number of nitrogens with zero attached hydrogens (tertiary/aromatic N) is 6. The van der Waals surface area contributed by atoms with Crippen molar-refractivity contribution in [3.63, 3.8) is 0 Å². The number of hydrogen-bond donors (Lipinski definition) is 1. The lowest BCUT2D eigenvalue weighted by molar-refractivity contribution is -0.146. The zero-order valence-electron chi connectivity index (χ0n) is 21.6. The summed E-state index contributed by atoms with van der Waals surface area (Å²) in [5.74, 6) is 3.59. The number of carbonyl (C=O) groups excluding carboxylic acids is 1. The summed E-state index contributed by atoms with van der Waals surface area (Å²) in [5, 5.41) is 8.91. The van der Waals surface area contributed by atoms with Gasteiger partial charge in [0.05, 0.1) is 18.1 Å². The Balaban J connectivity index is 0.974. The number of carbonyl (C=O) groups is 1. The Morgan fingerprint density at radius 1 is 0.946 bits per heavy atom. The van der Waals surface area contributed by atoms with Crippen molar-refractivity contribution in [1.82, 2.24) is 30.0 Å². The average Bonchev–Trinajstić information content (AvgIpc) is 3.32. The van der Waals surface area contributed by atoms with Crippen LogP contribution in [0, 0.1) is 23.2 Å². The maximum atomic E-state index is 13.3. The van der Waals surface area contributed by atoms with Crippen LogP contribution < -0.4 is 10.2 Å². The number of piperazine rings is 1. The summed E-state index contributed by atoms with van der Waals surface area (Å²) in [4.78, 5) is 27.4. The number of amides is 1. The molecule has 4 saturated carbocycles. The Kier molecular flexibility index (Phi) is 5.87. The first-order valence-corrected chi connectivity index (χ1v) is 14.1. The molecule has 8 nitrogen and oxygen atoms in total. The van der Waals surface area contributed by atoms with E-state index in [0.29, 0.717) is 13.1 Å². The highest BCUT2D eigenvalue weighted by Gasteiger charge is 2.54. The smallest absolute Gasteiger partial charge is 0.226 e. The lowest BCUT2D eigenvalue weighted by Crippen LogP contribution is -2.53. The van der Waals surface area contributed by atoms with Crippen LogP contribution in [0.25, 0.3) is 11.0 Å². The minimum absolute atomic E-state index is 0.0983. The fraction of sp³-hybridized carbons (Fsp3) is 0.586. The normalized spacial score (nSPS) is 29.2. The van der Waals surface area contributed by atoms with Crippen LogP contribution >= 0.6 is 0 Å². The summed E-state index contributed by atoms with van der Waals surface area (Å²) in [6.07, 6.45) is 10.9. The molecule has 4 aliphatic carbocycles. The number of rotatable bonds is 7. The van der Waals surface area contributed by atoms with Crippen LogP contribution in [0.5, 0.6) is 0 Å². The molecule has 2 aromatic heterocycles. The van der Waals surface area contributed by atoms with Crippen molar-refractivity contribution >= 4 is 22.8 Å². The molecule has 3 aromatic rings. The predicted molar refractivity (Wildman–Crippen MR) is 143 cm³/mol. The predicted octanol–water partition coefficient (Wildman–Crippen LogP) is 3.48. The van der Waals surface area contributed by atoms with Gasteiger partial charge in [-0.1, -0.05) is 30.3 Å². The lowest BCUT2D eigenvalue weighted by Gasteiger charge is -2.55. The van der Waals surface area contributed by atoms with Crippen molar-refractivity contribution in [2.75, 3.05) is 37.6 Å². The molecule has 0 spiro atoms. The molecule has 37 heavy (non-hydrogen) atoms. The molecule has 8 rings (SSSR count). The van der Waals surface area contributed by atoms with Gasteiger partial charge in [-0.3, -0.25) is 9.69 Å². The van der Waals surface area contributed by atoms with Gasteiger partial charge in [-0.15, -0.1) is 0 Å². The molecule has 1 aliphatic heterocycles. The van der Waals surface area contributed by atoms with Gasteiger partial charge in [0.1, 0.15) is 12.1 Å². The topological polar surface area (TPSA) is 79.2 Å². The number of hydrogen-bond acceptors (Lipinski definition) is 6. The van der Waals surface area contributed by atoms with Crippen LogP contribution in [0.1, 0.15) is 44.1 Å². The Morgan fingerprint density at radius 2 is 1.65 bits per heavy atom. The molecule has 0 unspecified atom stereocenters. The molecule has 1 N–H and O–H groups in total. The van der Waals surface area contributed by atoms with Crippen LogP contribution in [0.4, 0.5) is 5.82 Å². The van der Waals surface area contributed by atoms with E-state index in [0.717, 1.165) is 86.6 Å². The molecular formula is C29H37N7O. The minimum Gasteiger partial charge on any atom is -0.354 e. The van der Waals surface area contributed by atoms with E-state index in [1.807, 2.05) is 10.9 Å². The molecule has 4 bridgehead atoms. The van der Waals surface area contributed by atoms with E-state index < -0.39 is 0 Å². The van der Waals surface area contributed by atoms with E-state index in [1.165, 1.54) is 24.8 Å². The molecule has 5 aliphatic rings. The highest BCUT2D eigenvalue weighted by Crippen LogP contribution is 2.60. The second-order valence-corrected chi connectivity index (χ2v) is 12.0. The minimum atomic E-state index is -0.0983. The van der Waals surface area contributed by atoms with E-state index in [2.05, 4.69) is 60.5 Å². The third kappa shape index (κ3) is 4.39. The Morgan fingerprint density at radius 3 is 2.35 bits per heavy atom. The molecule has 3 heterocycles. The number of benzene rings is 1. The van der Waals surface area contributed by atoms with Crippen molar-refractivity contribution in [3.8, 4) is 0 Å². The second-order valence-electron chi connectivity index (χ2n) is 12.0. The number of nitrogens with one attached hydrogen (secondary N) is 1. The number of fused-ring (bicyclic) bond motifs is 1. The van der Waals surface area contributed by atoms with Crippen LogP contribution in [-0.4, -0.2) is 63.3 Å². The zero-order chi connectivity index (χ0) is 24.8. The third-order valence-corrected chi connectivity index (χ3v) is 9.46. The zero-order valence-corrected chi connectivity index (χ0v) is 21.6. The maximum Gasteiger partial charge on any atom is 0.226 e. The maximum absolute atomic E-state index is 13.3. The van der Waals surface area contributed by atoms with Crippen molar-refractivity contribution < 1.29 is 4.79 Å². The molecule has 5 fully saturated rings. The second kappa shape index (κ2) is 9.39. The summed E-state index contributed by atoms with van der Waals surface area (Å²) in [6, 6.07) is 10.7. The van der Waals surface area contributed by atoms with E-state index in [9.17, 15) is 4.79 Å². The molecule has 1 amide bonds. The highest BCUT2D eigenvalue weighted by atomic mass is 16.2. The lowest BCUT2D eigenvalue weighted by atomic mass is 9.49. The Hall–Kier alpha value is -3.00. The van der Waals surface area contributed by atoms with Crippen LogP contribution in [0.3, 0.4) is 0 Å². The largest absolute Gasteiger partial charge is 0.354 e. The van der Waals surface area contributed by atoms with Gasteiger partial charge in [-0.25, -0.2) is 14.6 Å². The molecule has 194 valence electrons. The molecule has 0 atom stereocenters. The van der Waals surface area contributed by atoms with Crippen LogP contribution in [0.15, 0.2) is 42.9 Å². The van der Waals surface area contributed by atoms with E-state index in [-0.39, 0.29) is 11.3 Å². The van der Waals surface area contributed by atoms with E-state index >= 15 is 0 Å². The molecule has 8 heteroatoms. The molecular weight excluding hydrogens is 462 g/mol. The van der Waals surface area contributed by atoms with E-state index in [4.69, 9.17) is 0 Å². The van der Waals surface area contributed by atoms with Gasteiger partial charge in [-0.2, -0.15) is 5.10 Å². The summed E-state index contributed by atoms with van der Waals surface area (Å²) >= 11 is 0. The number of aromatic nitrogens is 4. The number of anilines is 1. The van der Waals surface area contributed by atoms with Gasteiger partial charge in [0, 0.05) is 44.7 Å². The van der Waals surface area contributed by atoms with Crippen molar-refractivity contribution in [2.24, 2.45) is 23.2 Å². The fourth-order valence-electron chi connectivity index (χ4n) is 8.11. The van der Waals surface area contributed by atoms with Crippen molar-refractivity contribution in [1.29, 1.82) is 0 Å². The van der Waals surface area contributed by atoms with Gasteiger partial charge in [0.2, 0.25) is 5.91 Å². The van der Waals surface area contributed by atoms with Crippen molar-refractivity contribution in [2.45, 2.75) is 51.6 Å². The Labute approximate surface area is 218 Å². The van der Waals surface area contributed by atoms with Gasteiger partial charge >= 0.3 is 0 Å². The fourth-order valence-corrected chi connectivity index (χ4v) is 8.11. The standard InChI is InChI=1S/C29H37N7O/c37-28(29-15-22-12-23(16-29)14-24(13-22)17-29)30-6-7-36-27-25(18-33-36)26(31-20-32-27)35-10-8-34(9-11-35)19-21-4-2-1-3-5-21/h1-5,18,20,22-24H,6-17,19H2,(H,30,37). The van der Waals surface area contributed by atoms with Crippen molar-refractivity contribution in [3.05, 3.63) is 48.4 Å². The summed E-state index contributed by atoms with van der Waals surface area (Å²) in [7, 11) is 0. The monoisotopic (exact) mass is 499 g/mol. The van der Waals surface area contributed by atoms with Crippen LogP contribution in [0.2, 0.25) is 0 Å². The molecule has 0 radical (unpaired) electrons. The molecule has 1 aromatic carbocycles. The van der Waals surface area contributed by atoms with Gasteiger partial charge in [0.25, 0.3) is 0 Å². The average molecular weight is 500 g/mol. The summed E-state index contributed by atoms with van der Waals surface area (Å²) in [5.41, 5.74) is 2.11. The summed E-state index contributed by atoms with van der Waals surface area (Å²) < 4.78 is 1.92. The highest BCUT2D eigenvalue weighted by molar-refractivity contribution is 5.87. The van der Waals surface area contributed by atoms with Gasteiger partial charge < -0.3 is 10.2 Å². The summed E-state index contributed by atoms with van der Waals surface area (Å²) in [6.45, 7) is 6.09. The first kappa shape index (κ1) is 23.1.